The van der Waals surface area contributed by atoms with Gasteiger partial charge in [0.15, 0.2) is 5.82 Å². The van der Waals surface area contributed by atoms with Gasteiger partial charge in [-0.25, -0.2) is 0 Å². The minimum Gasteiger partial charge on any atom is -0.343 e. The molecular formula is C11H20N4O2. The van der Waals surface area contributed by atoms with Crippen LogP contribution in [0.2, 0.25) is 0 Å². The third-order valence-electron chi connectivity index (χ3n) is 2.95. The van der Waals surface area contributed by atoms with E-state index in [0.29, 0.717) is 6.04 Å². The Morgan fingerprint density at radius 1 is 1.59 bits per heavy atom. The van der Waals surface area contributed by atoms with Crippen molar-refractivity contribution in [1.29, 1.82) is 0 Å². The molecule has 17 heavy (non-hydrogen) atoms. The predicted octanol–water partition coefficient (Wildman–Crippen LogP) is 1.18. The van der Waals surface area contributed by atoms with E-state index in [-0.39, 0.29) is 6.04 Å². The Hall–Kier alpha value is -0.980. The molecule has 2 atom stereocenters. The van der Waals surface area contributed by atoms with Gasteiger partial charge in [0.25, 0.3) is 0 Å². The third-order valence-corrected chi connectivity index (χ3v) is 2.95. The van der Waals surface area contributed by atoms with Gasteiger partial charge in [-0.1, -0.05) is 18.5 Å². The largest absolute Gasteiger partial charge is 0.343 e. The number of rotatable bonds is 6. The smallest absolute Gasteiger partial charge is 0.213 e. The first-order chi connectivity index (χ1) is 8.40. The molecule has 0 aliphatic carbocycles. The van der Waals surface area contributed by atoms with E-state index in [1.54, 1.807) is 0 Å². The first-order valence-electron chi connectivity index (χ1n) is 6.27. The van der Waals surface area contributed by atoms with Crippen LogP contribution in [0.15, 0.2) is 10.9 Å². The fourth-order valence-corrected chi connectivity index (χ4v) is 1.90. The molecule has 96 valence electrons. The van der Waals surface area contributed by atoms with Crippen molar-refractivity contribution >= 4 is 0 Å². The molecule has 6 nitrogen and oxygen atoms in total. The molecule has 0 aromatic carbocycles. The standard InChI is InChI=1S/C11H20N4O2/c1-2-3-6-16-14-9-4-5-10(12-7-9)11-13-8-17-15-11/h8-10,12,14H,2-7H2,1H3/t9-,10+/m1/s1. The van der Waals surface area contributed by atoms with Crippen molar-refractivity contribution in [2.24, 2.45) is 0 Å². The van der Waals surface area contributed by atoms with Crippen LogP contribution >= 0.6 is 0 Å². The summed E-state index contributed by atoms with van der Waals surface area (Å²) in [6.07, 6.45) is 5.67. The molecule has 1 aliphatic heterocycles. The molecule has 2 N–H and O–H groups in total. The van der Waals surface area contributed by atoms with Crippen LogP contribution in [0.4, 0.5) is 0 Å². The summed E-state index contributed by atoms with van der Waals surface area (Å²) in [5.41, 5.74) is 3.10. The fourth-order valence-electron chi connectivity index (χ4n) is 1.90. The highest BCUT2D eigenvalue weighted by molar-refractivity contribution is 4.94. The molecule has 0 amide bonds. The Morgan fingerprint density at radius 3 is 3.18 bits per heavy atom. The zero-order chi connectivity index (χ0) is 11.9. The van der Waals surface area contributed by atoms with Crippen LogP contribution < -0.4 is 10.8 Å². The normalized spacial score (nSPS) is 25.0. The van der Waals surface area contributed by atoms with Crippen LogP contribution in [0.3, 0.4) is 0 Å². The molecule has 2 rings (SSSR count). The van der Waals surface area contributed by atoms with E-state index >= 15 is 0 Å². The van der Waals surface area contributed by atoms with Gasteiger partial charge in [0.1, 0.15) is 0 Å². The monoisotopic (exact) mass is 240 g/mol. The maximum atomic E-state index is 5.40. The number of aromatic nitrogens is 2. The van der Waals surface area contributed by atoms with Gasteiger partial charge >= 0.3 is 0 Å². The van der Waals surface area contributed by atoms with E-state index in [1.807, 2.05) is 0 Å². The van der Waals surface area contributed by atoms with Crippen LogP contribution in [0.5, 0.6) is 0 Å². The summed E-state index contributed by atoms with van der Waals surface area (Å²) in [6.45, 7) is 3.80. The average Bonchev–Trinajstić information content (AvgIpc) is 2.89. The van der Waals surface area contributed by atoms with Gasteiger partial charge in [0, 0.05) is 12.6 Å². The van der Waals surface area contributed by atoms with Gasteiger partial charge in [-0.05, 0) is 19.3 Å². The average molecular weight is 240 g/mol. The van der Waals surface area contributed by atoms with Crippen molar-refractivity contribution in [3.05, 3.63) is 12.2 Å². The predicted molar refractivity (Wildman–Crippen MR) is 62.1 cm³/mol. The highest BCUT2D eigenvalue weighted by atomic mass is 16.6. The lowest BCUT2D eigenvalue weighted by atomic mass is 10.0. The van der Waals surface area contributed by atoms with E-state index in [1.165, 1.54) is 6.39 Å². The lowest BCUT2D eigenvalue weighted by Crippen LogP contribution is -2.44. The van der Waals surface area contributed by atoms with Gasteiger partial charge in [0.2, 0.25) is 6.39 Å². The van der Waals surface area contributed by atoms with Crippen molar-refractivity contribution in [3.8, 4) is 0 Å². The van der Waals surface area contributed by atoms with E-state index < -0.39 is 0 Å². The molecule has 0 saturated carbocycles. The molecule has 1 fully saturated rings. The quantitative estimate of drug-likeness (QED) is 0.574. The van der Waals surface area contributed by atoms with Crippen LogP contribution in [0.25, 0.3) is 0 Å². The van der Waals surface area contributed by atoms with E-state index in [4.69, 9.17) is 9.36 Å². The summed E-state index contributed by atoms with van der Waals surface area (Å²) in [5, 5.41) is 7.24. The Kier molecular flexibility index (Phi) is 4.90. The van der Waals surface area contributed by atoms with Crippen molar-refractivity contribution in [2.45, 2.75) is 44.7 Å². The second-order valence-corrected chi connectivity index (χ2v) is 4.34. The summed E-state index contributed by atoms with van der Waals surface area (Å²) in [7, 11) is 0. The van der Waals surface area contributed by atoms with Crippen LogP contribution in [0.1, 0.15) is 44.5 Å². The first kappa shape index (κ1) is 12.5. The molecule has 2 heterocycles. The molecule has 0 bridgehead atoms. The molecule has 6 heteroatoms. The van der Waals surface area contributed by atoms with E-state index in [2.05, 4.69) is 27.9 Å². The Labute approximate surface area is 101 Å². The first-order valence-corrected chi connectivity index (χ1v) is 6.27. The summed E-state index contributed by atoms with van der Waals surface area (Å²) in [4.78, 5) is 9.46. The fraction of sp³-hybridized carbons (Fsp3) is 0.818. The van der Waals surface area contributed by atoms with Gasteiger partial charge in [-0.2, -0.15) is 10.5 Å². The zero-order valence-corrected chi connectivity index (χ0v) is 10.2. The Balaban J connectivity index is 1.64. The van der Waals surface area contributed by atoms with Gasteiger partial charge in [-0.15, -0.1) is 0 Å². The highest BCUT2D eigenvalue weighted by Crippen LogP contribution is 2.19. The van der Waals surface area contributed by atoms with Crippen LogP contribution in [-0.2, 0) is 4.84 Å². The maximum Gasteiger partial charge on any atom is 0.213 e. The molecule has 1 aliphatic rings. The van der Waals surface area contributed by atoms with Crippen LogP contribution in [-0.4, -0.2) is 29.3 Å². The molecule has 1 aromatic heterocycles. The minimum absolute atomic E-state index is 0.211. The SMILES string of the molecule is CCCCON[C@@H]1CC[C@@H](c2ncon2)NC1. The van der Waals surface area contributed by atoms with Gasteiger partial charge in [0.05, 0.1) is 12.6 Å². The second-order valence-electron chi connectivity index (χ2n) is 4.34. The van der Waals surface area contributed by atoms with Crippen molar-refractivity contribution in [1.82, 2.24) is 20.9 Å². The lowest BCUT2D eigenvalue weighted by molar-refractivity contribution is 0.00612. The van der Waals surface area contributed by atoms with E-state index in [9.17, 15) is 0 Å². The molecule has 0 radical (unpaired) electrons. The number of hydrogen-bond donors (Lipinski definition) is 2. The maximum absolute atomic E-state index is 5.40. The van der Waals surface area contributed by atoms with Gasteiger partial charge in [-0.3, -0.25) is 0 Å². The summed E-state index contributed by atoms with van der Waals surface area (Å²) < 4.78 is 4.74. The number of unbranched alkanes of at least 4 members (excludes halogenated alkanes) is 1. The summed E-state index contributed by atoms with van der Waals surface area (Å²) in [6, 6.07) is 0.581. The molecule has 0 spiro atoms. The molecule has 1 aromatic rings. The van der Waals surface area contributed by atoms with E-state index in [0.717, 1.165) is 44.7 Å². The number of hydroxylamine groups is 1. The molecule has 0 unspecified atom stereocenters. The van der Waals surface area contributed by atoms with Gasteiger partial charge < -0.3 is 14.7 Å². The van der Waals surface area contributed by atoms with Crippen molar-refractivity contribution in [2.75, 3.05) is 13.2 Å². The minimum atomic E-state index is 0.211. The zero-order valence-electron chi connectivity index (χ0n) is 10.2. The van der Waals surface area contributed by atoms with Crippen molar-refractivity contribution in [3.63, 3.8) is 0 Å². The Morgan fingerprint density at radius 2 is 2.53 bits per heavy atom. The summed E-state index contributed by atoms with van der Waals surface area (Å²) in [5.74, 6) is 0.746. The van der Waals surface area contributed by atoms with Crippen molar-refractivity contribution < 1.29 is 9.36 Å². The lowest BCUT2D eigenvalue weighted by Gasteiger charge is -2.28. The second kappa shape index (κ2) is 6.68. The molecule has 1 saturated heterocycles. The molecular weight excluding hydrogens is 220 g/mol. The highest BCUT2D eigenvalue weighted by Gasteiger charge is 2.24. The number of nitrogens with zero attached hydrogens (tertiary/aromatic N) is 2. The summed E-state index contributed by atoms with van der Waals surface area (Å²) >= 11 is 0. The number of nitrogens with one attached hydrogen (secondary N) is 2. The topological polar surface area (TPSA) is 72.2 Å². The van der Waals surface area contributed by atoms with Crippen LogP contribution in [0, 0.1) is 0 Å². The Bertz CT molecular complexity index is 296. The number of hydrogen-bond acceptors (Lipinski definition) is 6. The number of piperidine rings is 1. The third kappa shape index (κ3) is 3.76.